The molecule has 2 atom stereocenters. The van der Waals surface area contributed by atoms with Gasteiger partial charge < -0.3 is 5.73 Å². The highest BCUT2D eigenvalue weighted by atomic mass is 32.2. The van der Waals surface area contributed by atoms with E-state index in [9.17, 15) is 8.42 Å². The number of nitrogens with two attached hydrogens (primary N) is 1. The van der Waals surface area contributed by atoms with E-state index < -0.39 is 10.0 Å². The summed E-state index contributed by atoms with van der Waals surface area (Å²) in [5.74, 6) is 0.561. The summed E-state index contributed by atoms with van der Waals surface area (Å²) >= 11 is 0. The van der Waals surface area contributed by atoms with Gasteiger partial charge in [-0.15, -0.1) is 0 Å². The first kappa shape index (κ1) is 12.0. The molecule has 3 rings (SSSR count). The molecule has 1 saturated heterocycles. The summed E-state index contributed by atoms with van der Waals surface area (Å²) in [4.78, 5) is 0.370. The van der Waals surface area contributed by atoms with Crippen LogP contribution in [-0.2, 0) is 10.0 Å². The Kier molecular flexibility index (Phi) is 2.64. The van der Waals surface area contributed by atoms with Gasteiger partial charge in [0.15, 0.2) is 0 Å². The fourth-order valence-electron chi connectivity index (χ4n) is 3.21. The lowest BCUT2D eigenvalue weighted by atomic mass is 10.1. The molecule has 5 heteroatoms. The van der Waals surface area contributed by atoms with E-state index in [1.54, 1.807) is 29.4 Å². The molecule has 1 heterocycles. The van der Waals surface area contributed by atoms with Crippen LogP contribution in [0.1, 0.15) is 24.8 Å². The molecule has 98 valence electrons. The van der Waals surface area contributed by atoms with Gasteiger partial charge in [-0.1, -0.05) is 6.07 Å². The van der Waals surface area contributed by atoms with E-state index in [-0.39, 0.29) is 6.04 Å². The van der Waals surface area contributed by atoms with Gasteiger partial charge in [-0.2, -0.15) is 4.31 Å². The lowest BCUT2D eigenvalue weighted by Gasteiger charge is -2.27. The Morgan fingerprint density at radius 2 is 2.11 bits per heavy atom. The van der Waals surface area contributed by atoms with Gasteiger partial charge in [0.1, 0.15) is 0 Å². The largest absolute Gasteiger partial charge is 0.398 e. The van der Waals surface area contributed by atoms with Crippen LogP contribution >= 0.6 is 0 Å². The first-order valence-corrected chi connectivity index (χ1v) is 7.81. The Hall–Kier alpha value is -1.07. The number of nitrogen functional groups attached to an aromatic ring is 1. The SMILES string of the molecule is Cc1c(N)cccc1S(=O)(=O)N1CC2CCC1C2. The Balaban J connectivity index is 2.02. The van der Waals surface area contributed by atoms with Gasteiger partial charge in [0, 0.05) is 18.3 Å². The van der Waals surface area contributed by atoms with Crippen LogP contribution in [0.25, 0.3) is 0 Å². The third kappa shape index (κ3) is 1.65. The molecule has 2 N–H and O–H groups in total. The van der Waals surface area contributed by atoms with Crippen LogP contribution in [0.15, 0.2) is 23.1 Å². The Labute approximate surface area is 108 Å². The number of piperidine rings is 1. The number of hydrogen-bond donors (Lipinski definition) is 1. The minimum absolute atomic E-state index is 0.209. The second kappa shape index (κ2) is 3.96. The maximum Gasteiger partial charge on any atom is 0.243 e. The van der Waals surface area contributed by atoms with Gasteiger partial charge in [-0.3, -0.25) is 0 Å². The van der Waals surface area contributed by atoms with E-state index in [1.165, 1.54) is 6.42 Å². The van der Waals surface area contributed by atoms with Gasteiger partial charge in [-0.05, 0) is 49.8 Å². The molecule has 4 nitrogen and oxygen atoms in total. The van der Waals surface area contributed by atoms with Crippen LogP contribution in [0.4, 0.5) is 5.69 Å². The van der Waals surface area contributed by atoms with Gasteiger partial charge >= 0.3 is 0 Å². The van der Waals surface area contributed by atoms with Crippen LogP contribution in [0.2, 0.25) is 0 Å². The third-order valence-electron chi connectivity index (χ3n) is 4.27. The highest BCUT2D eigenvalue weighted by Gasteiger charge is 2.44. The minimum Gasteiger partial charge on any atom is -0.398 e. The number of anilines is 1. The fourth-order valence-corrected chi connectivity index (χ4v) is 5.21. The number of sulfonamides is 1. The summed E-state index contributed by atoms with van der Waals surface area (Å²) in [6.07, 6.45) is 3.21. The lowest BCUT2D eigenvalue weighted by molar-refractivity contribution is 0.333. The Morgan fingerprint density at radius 3 is 2.72 bits per heavy atom. The van der Waals surface area contributed by atoms with E-state index in [0.717, 1.165) is 12.8 Å². The standard InChI is InChI=1S/C13H18N2O2S/c1-9-12(14)3-2-4-13(9)18(16,17)15-8-10-5-6-11(15)7-10/h2-4,10-11H,5-8,14H2,1H3. The van der Waals surface area contributed by atoms with Gasteiger partial charge in [0.2, 0.25) is 10.0 Å². The van der Waals surface area contributed by atoms with Crippen molar-refractivity contribution in [3.63, 3.8) is 0 Å². The van der Waals surface area contributed by atoms with Crippen molar-refractivity contribution in [1.29, 1.82) is 0 Å². The number of hydrogen-bond acceptors (Lipinski definition) is 3. The summed E-state index contributed by atoms with van der Waals surface area (Å²) in [5, 5.41) is 0. The third-order valence-corrected chi connectivity index (χ3v) is 6.33. The summed E-state index contributed by atoms with van der Waals surface area (Å²) in [7, 11) is -3.37. The zero-order valence-corrected chi connectivity index (χ0v) is 11.3. The van der Waals surface area contributed by atoms with Crippen molar-refractivity contribution < 1.29 is 8.42 Å². The average molecular weight is 266 g/mol. The van der Waals surface area contributed by atoms with Crippen LogP contribution in [0, 0.1) is 12.8 Å². The van der Waals surface area contributed by atoms with E-state index in [4.69, 9.17) is 5.73 Å². The monoisotopic (exact) mass is 266 g/mol. The molecule has 2 bridgehead atoms. The van der Waals surface area contributed by atoms with Crippen molar-refractivity contribution in [3.05, 3.63) is 23.8 Å². The van der Waals surface area contributed by atoms with Crippen molar-refractivity contribution >= 4 is 15.7 Å². The van der Waals surface area contributed by atoms with Crippen LogP contribution < -0.4 is 5.73 Å². The molecule has 2 unspecified atom stereocenters. The van der Waals surface area contributed by atoms with Gasteiger partial charge in [-0.25, -0.2) is 8.42 Å². The Bertz CT molecular complexity index is 583. The topological polar surface area (TPSA) is 63.4 Å². The number of benzene rings is 1. The summed E-state index contributed by atoms with van der Waals surface area (Å²) in [5.41, 5.74) is 7.02. The quantitative estimate of drug-likeness (QED) is 0.829. The molecule has 1 aromatic rings. The van der Waals surface area contributed by atoms with E-state index >= 15 is 0 Å². The zero-order valence-electron chi connectivity index (χ0n) is 10.5. The highest BCUT2D eigenvalue weighted by Crippen LogP contribution is 2.41. The average Bonchev–Trinajstić information content (AvgIpc) is 2.94. The normalized spacial score (nSPS) is 27.8. The molecule has 1 aliphatic heterocycles. The summed E-state index contributed by atoms with van der Waals surface area (Å²) in [6, 6.07) is 5.32. The predicted octanol–water partition coefficient (Wildman–Crippen LogP) is 1.75. The van der Waals surface area contributed by atoms with Gasteiger partial charge in [0.25, 0.3) is 0 Å². The van der Waals surface area contributed by atoms with Crippen molar-refractivity contribution in [2.45, 2.75) is 37.1 Å². The molecule has 1 aliphatic carbocycles. The van der Waals surface area contributed by atoms with E-state index in [1.807, 2.05) is 0 Å². The first-order chi connectivity index (χ1) is 8.50. The lowest BCUT2D eigenvalue weighted by Crippen LogP contribution is -2.37. The predicted molar refractivity (Wildman–Crippen MR) is 70.6 cm³/mol. The number of nitrogens with zero attached hydrogens (tertiary/aromatic N) is 1. The van der Waals surface area contributed by atoms with E-state index in [0.29, 0.717) is 28.6 Å². The molecular formula is C13H18N2O2S. The Morgan fingerprint density at radius 1 is 1.33 bits per heavy atom. The molecule has 0 aromatic heterocycles. The molecule has 0 radical (unpaired) electrons. The first-order valence-electron chi connectivity index (χ1n) is 6.37. The summed E-state index contributed by atoms with van der Waals surface area (Å²) < 4.78 is 27.0. The maximum atomic E-state index is 12.7. The number of rotatable bonds is 2. The molecular weight excluding hydrogens is 248 g/mol. The van der Waals surface area contributed by atoms with Crippen molar-refractivity contribution in [1.82, 2.24) is 4.31 Å². The molecule has 18 heavy (non-hydrogen) atoms. The van der Waals surface area contributed by atoms with Crippen molar-refractivity contribution in [3.8, 4) is 0 Å². The van der Waals surface area contributed by atoms with Crippen molar-refractivity contribution in [2.75, 3.05) is 12.3 Å². The van der Waals surface area contributed by atoms with Crippen LogP contribution in [0.5, 0.6) is 0 Å². The molecule has 0 spiro atoms. The van der Waals surface area contributed by atoms with Crippen molar-refractivity contribution in [2.24, 2.45) is 5.92 Å². The van der Waals surface area contributed by atoms with Crippen LogP contribution in [0.3, 0.4) is 0 Å². The van der Waals surface area contributed by atoms with Gasteiger partial charge in [0.05, 0.1) is 4.90 Å². The summed E-state index contributed by atoms with van der Waals surface area (Å²) in [6.45, 7) is 2.46. The number of fused-ring (bicyclic) bond motifs is 2. The second-order valence-corrected chi connectivity index (χ2v) is 7.24. The van der Waals surface area contributed by atoms with E-state index in [2.05, 4.69) is 0 Å². The maximum absolute atomic E-state index is 12.7. The van der Waals surface area contributed by atoms with Crippen LogP contribution in [-0.4, -0.2) is 25.3 Å². The highest BCUT2D eigenvalue weighted by molar-refractivity contribution is 7.89. The molecule has 1 saturated carbocycles. The zero-order chi connectivity index (χ0) is 12.9. The second-order valence-electron chi connectivity index (χ2n) is 5.38. The molecule has 2 aliphatic rings. The molecule has 2 fully saturated rings. The minimum atomic E-state index is -3.37. The molecule has 0 amide bonds. The fraction of sp³-hybridized carbons (Fsp3) is 0.538. The smallest absolute Gasteiger partial charge is 0.243 e. The molecule has 1 aromatic carbocycles.